The van der Waals surface area contributed by atoms with Gasteiger partial charge in [-0.15, -0.1) is 0 Å². The smallest absolute Gasteiger partial charge is 0.339 e. The van der Waals surface area contributed by atoms with Crippen LogP contribution in [-0.2, 0) is 4.74 Å². The fourth-order valence-corrected chi connectivity index (χ4v) is 1.68. The van der Waals surface area contributed by atoms with Crippen LogP contribution >= 0.6 is 0 Å². The highest BCUT2D eigenvalue weighted by molar-refractivity contribution is 5.97. The molecule has 0 radical (unpaired) electrons. The Labute approximate surface area is 96.4 Å². The summed E-state index contributed by atoms with van der Waals surface area (Å²) in [5, 5.41) is 6.27. The first-order valence-corrected chi connectivity index (χ1v) is 5.04. The van der Waals surface area contributed by atoms with E-state index >= 15 is 0 Å². The molecule has 3 rings (SSSR count). The Bertz CT molecular complexity index is 577. The fraction of sp³-hybridized carbons (Fsp3) is 0.0909. The Balaban J connectivity index is 1.90. The summed E-state index contributed by atoms with van der Waals surface area (Å²) in [5.74, 6) is 0.0556. The molecule has 1 N–H and O–H groups in total. The van der Waals surface area contributed by atoms with E-state index in [0.717, 1.165) is 5.56 Å². The molecule has 0 bridgehead atoms. The molecule has 84 valence electrons. The number of hydrogen-bond acceptors (Lipinski definition) is 5. The van der Waals surface area contributed by atoms with Crippen molar-refractivity contribution in [3.05, 3.63) is 41.7 Å². The van der Waals surface area contributed by atoms with E-state index in [4.69, 9.17) is 4.74 Å². The van der Waals surface area contributed by atoms with E-state index in [0.29, 0.717) is 11.5 Å². The molecule has 0 saturated carbocycles. The van der Waals surface area contributed by atoms with Crippen LogP contribution < -0.4 is 0 Å². The molecule has 6 heteroatoms. The van der Waals surface area contributed by atoms with Crippen molar-refractivity contribution in [3.63, 3.8) is 0 Å². The SMILES string of the molecule is O=C1OC(C=Nc2ncn[nH]2)c2ccccc21. The van der Waals surface area contributed by atoms with Gasteiger partial charge in [0.15, 0.2) is 6.10 Å². The van der Waals surface area contributed by atoms with Crippen molar-refractivity contribution in [1.82, 2.24) is 15.2 Å². The van der Waals surface area contributed by atoms with Gasteiger partial charge in [0.05, 0.1) is 11.8 Å². The van der Waals surface area contributed by atoms with Gasteiger partial charge in [0.25, 0.3) is 0 Å². The number of H-pyrrole nitrogens is 1. The largest absolute Gasteiger partial charge is 0.448 e. The van der Waals surface area contributed by atoms with Gasteiger partial charge < -0.3 is 4.74 Å². The number of esters is 1. The van der Waals surface area contributed by atoms with E-state index in [2.05, 4.69) is 20.2 Å². The summed E-state index contributed by atoms with van der Waals surface area (Å²) >= 11 is 0. The number of aliphatic imine (C=N–C) groups is 1. The third-order valence-electron chi connectivity index (χ3n) is 2.46. The van der Waals surface area contributed by atoms with E-state index in [1.54, 1.807) is 12.1 Å². The zero-order valence-corrected chi connectivity index (χ0v) is 8.70. The summed E-state index contributed by atoms with van der Waals surface area (Å²) in [4.78, 5) is 19.4. The minimum atomic E-state index is -0.455. The first-order chi connectivity index (χ1) is 8.34. The second kappa shape index (κ2) is 3.82. The zero-order chi connectivity index (χ0) is 11.7. The molecule has 1 unspecified atom stereocenters. The molecule has 0 saturated heterocycles. The number of benzene rings is 1. The summed E-state index contributed by atoms with van der Waals surface area (Å²) < 4.78 is 5.18. The zero-order valence-electron chi connectivity index (χ0n) is 8.70. The molecule has 17 heavy (non-hydrogen) atoms. The maximum atomic E-state index is 11.5. The summed E-state index contributed by atoms with van der Waals surface area (Å²) in [5.41, 5.74) is 1.40. The second-order valence-electron chi connectivity index (χ2n) is 3.50. The molecule has 0 aliphatic carbocycles. The summed E-state index contributed by atoms with van der Waals surface area (Å²) in [6.07, 6.45) is 2.44. The lowest BCUT2D eigenvalue weighted by Gasteiger charge is -2.02. The highest BCUT2D eigenvalue weighted by atomic mass is 16.5. The molecule has 6 nitrogen and oxygen atoms in total. The van der Waals surface area contributed by atoms with Crippen molar-refractivity contribution in [3.8, 4) is 0 Å². The van der Waals surface area contributed by atoms with Crippen LogP contribution in [0.4, 0.5) is 5.95 Å². The van der Waals surface area contributed by atoms with Crippen molar-refractivity contribution in [2.75, 3.05) is 0 Å². The Morgan fingerprint density at radius 1 is 1.41 bits per heavy atom. The molecular formula is C11H8N4O2. The monoisotopic (exact) mass is 228 g/mol. The predicted octanol–water partition coefficient (Wildman–Crippen LogP) is 1.42. The molecule has 2 heterocycles. The number of nitrogens with zero attached hydrogens (tertiary/aromatic N) is 3. The van der Waals surface area contributed by atoms with Gasteiger partial charge in [-0.25, -0.2) is 14.9 Å². The van der Waals surface area contributed by atoms with Crippen LogP contribution in [0.2, 0.25) is 0 Å². The average Bonchev–Trinajstić information content (AvgIpc) is 2.96. The maximum absolute atomic E-state index is 11.5. The van der Waals surface area contributed by atoms with Crippen molar-refractivity contribution >= 4 is 18.1 Å². The standard InChI is InChI=1S/C11H8N4O2/c16-10-8-4-2-1-3-7(8)9(17-10)5-12-11-13-6-14-15-11/h1-6,9H,(H,13,14,15). The Kier molecular flexibility index (Phi) is 2.18. The maximum Gasteiger partial charge on any atom is 0.339 e. The number of hydrogen-bond donors (Lipinski definition) is 1. The third kappa shape index (κ3) is 1.69. The summed E-state index contributed by atoms with van der Waals surface area (Å²) in [6, 6.07) is 7.24. The number of aromatic amines is 1. The molecular weight excluding hydrogens is 220 g/mol. The van der Waals surface area contributed by atoms with Crippen LogP contribution in [-0.4, -0.2) is 27.4 Å². The average molecular weight is 228 g/mol. The van der Waals surface area contributed by atoms with Crippen LogP contribution in [0.3, 0.4) is 0 Å². The molecule has 1 aliphatic rings. The quantitative estimate of drug-likeness (QED) is 0.622. The van der Waals surface area contributed by atoms with Crippen LogP contribution in [0.5, 0.6) is 0 Å². The lowest BCUT2D eigenvalue weighted by molar-refractivity contribution is 0.0500. The number of fused-ring (bicyclic) bond motifs is 1. The number of aromatic nitrogens is 3. The number of cyclic esters (lactones) is 1. The Morgan fingerprint density at radius 3 is 3.12 bits per heavy atom. The minimum Gasteiger partial charge on any atom is -0.448 e. The molecule has 0 spiro atoms. The lowest BCUT2D eigenvalue weighted by atomic mass is 10.1. The summed E-state index contributed by atoms with van der Waals surface area (Å²) in [7, 11) is 0. The molecule has 1 aliphatic heterocycles. The van der Waals surface area contributed by atoms with Gasteiger partial charge in [0, 0.05) is 5.56 Å². The van der Waals surface area contributed by atoms with Gasteiger partial charge in [0.2, 0.25) is 5.95 Å². The first-order valence-electron chi connectivity index (χ1n) is 5.04. The van der Waals surface area contributed by atoms with Gasteiger partial charge in [-0.1, -0.05) is 18.2 Å². The van der Waals surface area contributed by atoms with E-state index < -0.39 is 6.10 Å². The number of rotatable bonds is 2. The Hall–Kier alpha value is -2.50. The molecule has 1 aromatic carbocycles. The van der Waals surface area contributed by atoms with E-state index in [1.165, 1.54) is 12.5 Å². The predicted molar refractivity (Wildman–Crippen MR) is 59.1 cm³/mol. The summed E-state index contributed by atoms with van der Waals surface area (Å²) in [6.45, 7) is 0. The minimum absolute atomic E-state index is 0.324. The molecule has 0 fully saturated rings. The van der Waals surface area contributed by atoms with E-state index in [-0.39, 0.29) is 5.97 Å². The number of nitrogens with one attached hydrogen (secondary N) is 1. The van der Waals surface area contributed by atoms with Crippen molar-refractivity contribution in [2.45, 2.75) is 6.10 Å². The van der Waals surface area contributed by atoms with Crippen molar-refractivity contribution in [2.24, 2.45) is 4.99 Å². The van der Waals surface area contributed by atoms with Crippen molar-refractivity contribution in [1.29, 1.82) is 0 Å². The number of carbonyl (C=O) groups is 1. The molecule has 0 amide bonds. The topological polar surface area (TPSA) is 80.2 Å². The van der Waals surface area contributed by atoms with E-state index in [1.807, 2.05) is 12.1 Å². The van der Waals surface area contributed by atoms with Gasteiger partial charge in [-0.2, -0.15) is 10.1 Å². The highest BCUT2D eigenvalue weighted by Crippen LogP contribution is 2.29. The van der Waals surface area contributed by atoms with Crippen molar-refractivity contribution < 1.29 is 9.53 Å². The van der Waals surface area contributed by atoms with Gasteiger partial charge in [-0.3, -0.25) is 0 Å². The molecule has 1 atom stereocenters. The van der Waals surface area contributed by atoms with Gasteiger partial charge in [-0.05, 0) is 6.07 Å². The van der Waals surface area contributed by atoms with Gasteiger partial charge in [0.1, 0.15) is 6.33 Å². The number of carbonyl (C=O) groups excluding carboxylic acids is 1. The lowest BCUT2D eigenvalue weighted by Crippen LogP contribution is -1.99. The fourth-order valence-electron chi connectivity index (χ4n) is 1.68. The van der Waals surface area contributed by atoms with Crippen LogP contribution in [0.15, 0.2) is 35.6 Å². The van der Waals surface area contributed by atoms with Crippen LogP contribution in [0.1, 0.15) is 22.0 Å². The Morgan fingerprint density at radius 2 is 2.29 bits per heavy atom. The second-order valence-corrected chi connectivity index (χ2v) is 3.50. The number of ether oxygens (including phenoxy) is 1. The first kappa shape index (κ1) is 9.71. The molecule has 2 aromatic rings. The third-order valence-corrected chi connectivity index (χ3v) is 2.46. The molecule has 1 aromatic heterocycles. The van der Waals surface area contributed by atoms with Crippen LogP contribution in [0, 0.1) is 0 Å². The normalized spacial score (nSPS) is 18.4. The highest BCUT2D eigenvalue weighted by Gasteiger charge is 2.29. The van der Waals surface area contributed by atoms with Crippen LogP contribution in [0.25, 0.3) is 0 Å². The van der Waals surface area contributed by atoms with Gasteiger partial charge >= 0.3 is 5.97 Å². The van der Waals surface area contributed by atoms with E-state index in [9.17, 15) is 4.79 Å².